The van der Waals surface area contributed by atoms with E-state index in [9.17, 15) is 0 Å². The Labute approximate surface area is 116 Å². The van der Waals surface area contributed by atoms with Crippen LogP contribution >= 0.6 is 0 Å². The van der Waals surface area contributed by atoms with Crippen molar-refractivity contribution < 1.29 is 4.74 Å². The van der Waals surface area contributed by atoms with Crippen LogP contribution in [0, 0.1) is 0 Å². The quantitative estimate of drug-likeness (QED) is 0.906. The van der Waals surface area contributed by atoms with E-state index in [4.69, 9.17) is 4.74 Å². The summed E-state index contributed by atoms with van der Waals surface area (Å²) in [6.45, 7) is 11.8. The van der Waals surface area contributed by atoms with Crippen molar-refractivity contribution in [3.8, 4) is 5.75 Å². The third kappa shape index (κ3) is 3.87. The molecule has 1 aromatic carbocycles. The Balaban J connectivity index is 2.24. The minimum absolute atomic E-state index is 0.140. The van der Waals surface area contributed by atoms with Crippen LogP contribution in [-0.4, -0.2) is 31.3 Å². The van der Waals surface area contributed by atoms with Gasteiger partial charge in [-0.2, -0.15) is 0 Å². The first-order valence-corrected chi connectivity index (χ1v) is 7.24. The summed E-state index contributed by atoms with van der Waals surface area (Å²) in [5.74, 6) is 0.996. The van der Waals surface area contributed by atoms with E-state index in [0.29, 0.717) is 0 Å². The molecule has 106 valence electrons. The van der Waals surface area contributed by atoms with Gasteiger partial charge in [0.15, 0.2) is 0 Å². The van der Waals surface area contributed by atoms with Gasteiger partial charge in [0.2, 0.25) is 0 Å². The van der Waals surface area contributed by atoms with Crippen LogP contribution in [0.25, 0.3) is 0 Å². The number of nitrogens with zero attached hydrogens (tertiary/aromatic N) is 1. The zero-order chi connectivity index (χ0) is 13.9. The maximum absolute atomic E-state index is 5.95. The van der Waals surface area contributed by atoms with Gasteiger partial charge in [-0.3, -0.25) is 0 Å². The molecule has 0 unspecified atom stereocenters. The highest BCUT2D eigenvalue weighted by atomic mass is 16.5. The Morgan fingerprint density at radius 3 is 2.74 bits per heavy atom. The highest BCUT2D eigenvalue weighted by Gasteiger charge is 2.25. The summed E-state index contributed by atoms with van der Waals surface area (Å²) in [4.78, 5) is 2.44. The van der Waals surface area contributed by atoms with Crippen LogP contribution in [0.4, 0.5) is 5.69 Å². The summed E-state index contributed by atoms with van der Waals surface area (Å²) in [6, 6.07) is 8.37. The number of para-hydroxylation sites is 2. The molecule has 1 aliphatic heterocycles. The fourth-order valence-corrected chi connectivity index (χ4v) is 2.59. The molecule has 0 aromatic heterocycles. The SMILES string of the molecule is CC(C)Oc1ccccc1N1CCCNC(C)(C)C1. The highest BCUT2D eigenvalue weighted by molar-refractivity contribution is 5.59. The molecule has 0 bridgehead atoms. The third-order valence-electron chi connectivity index (χ3n) is 3.36. The summed E-state index contributed by atoms with van der Waals surface area (Å²) in [5.41, 5.74) is 1.36. The van der Waals surface area contributed by atoms with Gasteiger partial charge in [0.1, 0.15) is 5.75 Å². The van der Waals surface area contributed by atoms with Crippen molar-refractivity contribution in [2.45, 2.75) is 45.8 Å². The van der Waals surface area contributed by atoms with Crippen LogP contribution in [0.1, 0.15) is 34.1 Å². The van der Waals surface area contributed by atoms with E-state index < -0.39 is 0 Å². The van der Waals surface area contributed by atoms with E-state index in [1.165, 1.54) is 12.1 Å². The van der Waals surface area contributed by atoms with Crippen molar-refractivity contribution in [2.75, 3.05) is 24.5 Å². The maximum Gasteiger partial charge on any atom is 0.142 e. The number of hydrogen-bond acceptors (Lipinski definition) is 3. The number of benzene rings is 1. The number of ether oxygens (including phenoxy) is 1. The summed E-state index contributed by atoms with van der Waals surface area (Å²) < 4.78 is 5.95. The maximum atomic E-state index is 5.95. The van der Waals surface area contributed by atoms with Crippen molar-refractivity contribution in [1.82, 2.24) is 5.32 Å². The number of hydrogen-bond donors (Lipinski definition) is 1. The minimum Gasteiger partial charge on any atom is -0.489 e. The Bertz CT molecular complexity index is 415. The van der Waals surface area contributed by atoms with Crippen LogP contribution < -0.4 is 15.0 Å². The summed E-state index contributed by atoms with van der Waals surface area (Å²) in [5, 5.41) is 3.60. The van der Waals surface area contributed by atoms with E-state index >= 15 is 0 Å². The Hall–Kier alpha value is -1.22. The van der Waals surface area contributed by atoms with Crippen molar-refractivity contribution in [3.63, 3.8) is 0 Å². The Morgan fingerprint density at radius 2 is 2.00 bits per heavy atom. The van der Waals surface area contributed by atoms with Gasteiger partial charge in [-0.25, -0.2) is 0 Å². The molecular formula is C16H26N2O. The average molecular weight is 262 g/mol. The summed E-state index contributed by atoms with van der Waals surface area (Å²) in [7, 11) is 0. The third-order valence-corrected chi connectivity index (χ3v) is 3.36. The molecule has 1 heterocycles. The molecule has 3 nitrogen and oxygen atoms in total. The second kappa shape index (κ2) is 5.83. The molecule has 1 aromatic rings. The smallest absolute Gasteiger partial charge is 0.142 e. The number of nitrogens with one attached hydrogen (secondary N) is 1. The highest BCUT2D eigenvalue weighted by Crippen LogP contribution is 2.30. The van der Waals surface area contributed by atoms with E-state index in [1.807, 2.05) is 6.07 Å². The fourth-order valence-electron chi connectivity index (χ4n) is 2.59. The molecule has 0 spiro atoms. The Kier molecular flexibility index (Phi) is 4.35. The lowest BCUT2D eigenvalue weighted by Crippen LogP contribution is -2.46. The minimum atomic E-state index is 0.140. The molecular weight excluding hydrogens is 236 g/mol. The molecule has 0 saturated carbocycles. The second-order valence-electron chi connectivity index (χ2n) is 6.22. The van der Waals surface area contributed by atoms with E-state index in [2.05, 4.69) is 56.1 Å². The van der Waals surface area contributed by atoms with Gasteiger partial charge in [0.05, 0.1) is 11.8 Å². The summed E-state index contributed by atoms with van der Waals surface area (Å²) in [6.07, 6.45) is 1.37. The fraction of sp³-hybridized carbons (Fsp3) is 0.625. The van der Waals surface area contributed by atoms with Crippen molar-refractivity contribution in [2.24, 2.45) is 0 Å². The topological polar surface area (TPSA) is 24.5 Å². The first-order chi connectivity index (χ1) is 8.98. The van der Waals surface area contributed by atoms with Crippen molar-refractivity contribution >= 4 is 5.69 Å². The molecule has 1 saturated heterocycles. The van der Waals surface area contributed by atoms with Gasteiger partial charge >= 0.3 is 0 Å². The van der Waals surface area contributed by atoms with Crippen LogP contribution in [0.5, 0.6) is 5.75 Å². The van der Waals surface area contributed by atoms with Gasteiger partial charge in [-0.05, 0) is 52.8 Å². The van der Waals surface area contributed by atoms with Gasteiger partial charge in [-0.15, -0.1) is 0 Å². The standard InChI is InChI=1S/C16H26N2O/c1-13(2)19-15-9-6-5-8-14(15)18-11-7-10-17-16(3,4)12-18/h5-6,8-9,13,17H,7,10-12H2,1-4H3. The zero-order valence-corrected chi connectivity index (χ0v) is 12.6. The normalized spacial score (nSPS) is 19.3. The molecule has 0 radical (unpaired) electrons. The molecule has 1 fully saturated rings. The largest absolute Gasteiger partial charge is 0.489 e. The molecule has 3 heteroatoms. The monoisotopic (exact) mass is 262 g/mol. The van der Waals surface area contributed by atoms with Crippen LogP contribution in [0.3, 0.4) is 0 Å². The van der Waals surface area contributed by atoms with E-state index in [0.717, 1.165) is 25.4 Å². The molecule has 2 rings (SSSR count). The molecule has 0 atom stereocenters. The second-order valence-corrected chi connectivity index (χ2v) is 6.22. The van der Waals surface area contributed by atoms with Crippen LogP contribution in [0.2, 0.25) is 0 Å². The van der Waals surface area contributed by atoms with Crippen LogP contribution in [-0.2, 0) is 0 Å². The molecule has 0 amide bonds. The summed E-state index contributed by atoms with van der Waals surface area (Å²) >= 11 is 0. The van der Waals surface area contributed by atoms with Gasteiger partial charge in [-0.1, -0.05) is 12.1 Å². The van der Waals surface area contributed by atoms with Gasteiger partial charge < -0.3 is 15.0 Å². The molecule has 0 aliphatic carbocycles. The average Bonchev–Trinajstić information content (AvgIpc) is 2.50. The molecule has 19 heavy (non-hydrogen) atoms. The van der Waals surface area contributed by atoms with Crippen molar-refractivity contribution in [3.05, 3.63) is 24.3 Å². The predicted octanol–water partition coefficient (Wildman–Crippen LogP) is 3.05. The first-order valence-electron chi connectivity index (χ1n) is 7.24. The van der Waals surface area contributed by atoms with E-state index in [-0.39, 0.29) is 11.6 Å². The predicted molar refractivity (Wildman–Crippen MR) is 81.1 cm³/mol. The van der Waals surface area contributed by atoms with Crippen LogP contribution in [0.15, 0.2) is 24.3 Å². The lowest BCUT2D eigenvalue weighted by Gasteiger charge is -2.32. The lowest BCUT2D eigenvalue weighted by atomic mass is 10.1. The van der Waals surface area contributed by atoms with Gasteiger partial charge in [0, 0.05) is 18.6 Å². The number of rotatable bonds is 3. The molecule has 1 aliphatic rings. The zero-order valence-electron chi connectivity index (χ0n) is 12.6. The first kappa shape index (κ1) is 14.2. The van der Waals surface area contributed by atoms with Crippen molar-refractivity contribution in [1.29, 1.82) is 0 Å². The lowest BCUT2D eigenvalue weighted by molar-refractivity contribution is 0.242. The Morgan fingerprint density at radius 1 is 1.26 bits per heavy atom. The van der Waals surface area contributed by atoms with E-state index in [1.54, 1.807) is 0 Å². The van der Waals surface area contributed by atoms with Gasteiger partial charge in [0.25, 0.3) is 0 Å². The molecule has 1 N–H and O–H groups in total. The number of anilines is 1.